The molecule has 0 N–H and O–H groups in total. The van der Waals surface area contributed by atoms with Crippen LogP contribution in [0, 0.1) is 11.3 Å². The van der Waals surface area contributed by atoms with Crippen LogP contribution in [0.25, 0.3) is 0 Å². The zero-order valence-electron chi connectivity index (χ0n) is 8.11. The number of nitriles is 1. The number of nitrogens with zero attached hydrogens (tertiary/aromatic N) is 2. The van der Waals surface area contributed by atoms with Crippen molar-refractivity contribution in [2.45, 2.75) is 12.8 Å². The van der Waals surface area contributed by atoms with Gasteiger partial charge in [-0.3, -0.25) is 9.78 Å². The number of esters is 1. The Labute approximate surface area is 96.0 Å². The Hall–Kier alpha value is -1.41. The van der Waals surface area contributed by atoms with Crippen LogP contribution in [-0.4, -0.2) is 17.6 Å². The summed E-state index contributed by atoms with van der Waals surface area (Å²) in [5.74, 6) is -1.44. The van der Waals surface area contributed by atoms with Gasteiger partial charge in [-0.2, -0.15) is 5.26 Å². The van der Waals surface area contributed by atoms with Gasteiger partial charge in [0.2, 0.25) is 0 Å². The molecule has 0 aliphatic rings. The Morgan fingerprint density at radius 1 is 1.80 bits per heavy atom. The molecule has 15 heavy (non-hydrogen) atoms. The fourth-order valence-corrected chi connectivity index (χ4v) is 1.57. The molecule has 0 spiro atoms. The lowest BCUT2D eigenvalue weighted by Gasteiger charge is -2.09. The number of hydrogen-bond donors (Lipinski definition) is 0. The van der Waals surface area contributed by atoms with Crippen LogP contribution < -0.4 is 0 Å². The standard InChI is InChI=1S/C10H9BrN2O2/c1-2-15-10(14)8(5-12)7-3-4-13-6-9(7)11/h3-4,6,8H,2H2,1H3. The first-order valence-corrected chi connectivity index (χ1v) is 5.15. The molecule has 0 bridgehead atoms. The van der Waals surface area contributed by atoms with Gasteiger partial charge >= 0.3 is 5.97 Å². The van der Waals surface area contributed by atoms with Crippen molar-refractivity contribution in [3.05, 3.63) is 28.5 Å². The maximum atomic E-state index is 11.4. The third-order valence-corrected chi connectivity index (χ3v) is 2.43. The predicted molar refractivity (Wildman–Crippen MR) is 56.9 cm³/mol. The highest BCUT2D eigenvalue weighted by Gasteiger charge is 2.23. The van der Waals surface area contributed by atoms with E-state index in [0.29, 0.717) is 10.0 Å². The van der Waals surface area contributed by atoms with Crippen LogP contribution in [0.1, 0.15) is 18.4 Å². The van der Waals surface area contributed by atoms with E-state index in [1.54, 1.807) is 19.2 Å². The Bertz CT molecular complexity index is 401. The van der Waals surface area contributed by atoms with Gasteiger partial charge in [0.15, 0.2) is 5.92 Å². The van der Waals surface area contributed by atoms with Crippen LogP contribution in [0.2, 0.25) is 0 Å². The normalized spacial score (nSPS) is 11.5. The maximum Gasteiger partial charge on any atom is 0.327 e. The summed E-state index contributed by atoms with van der Waals surface area (Å²) in [6.45, 7) is 1.97. The number of ether oxygens (including phenoxy) is 1. The first-order valence-electron chi connectivity index (χ1n) is 4.36. The number of rotatable bonds is 3. The largest absolute Gasteiger partial charge is 0.465 e. The Kier molecular flexibility index (Phi) is 4.25. The summed E-state index contributed by atoms with van der Waals surface area (Å²) in [5.41, 5.74) is 0.575. The lowest BCUT2D eigenvalue weighted by Crippen LogP contribution is -2.14. The van der Waals surface area contributed by atoms with Gasteiger partial charge in [0.1, 0.15) is 0 Å². The van der Waals surface area contributed by atoms with Crippen LogP contribution in [0.4, 0.5) is 0 Å². The van der Waals surface area contributed by atoms with Crippen molar-refractivity contribution in [2.75, 3.05) is 6.61 Å². The first-order chi connectivity index (χ1) is 7.20. The van der Waals surface area contributed by atoms with Crippen LogP contribution >= 0.6 is 15.9 Å². The molecule has 0 saturated carbocycles. The zero-order chi connectivity index (χ0) is 11.3. The van der Waals surface area contributed by atoms with E-state index < -0.39 is 11.9 Å². The summed E-state index contributed by atoms with van der Waals surface area (Å²) in [7, 11) is 0. The van der Waals surface area contributed by atoms with Crippen molar-refractivity contribution in [3.8, 4) is 6.07 Å². The summed E-state index contributed by atoms with van der Waals surface area (Å²) in [6.07, 6.45) is 3.07. The second-order valence-corrected chi connectivity index (χ2v) is 3.57. The van der Waals surface area contributed by atoms with E-state index in [9.17, 15) is 4.79 Å². The quantitative estimate of drug-likeness (QED) is 0.787. The van der Waals surface area contributed by atoms with Crippen molar-refractivity contribution in [3.63, 3.8) is 0 Å². The number of hydrogen-bond acceptors (Lipinski definition) is 4. The molecular weight excluding hydrogens is 260 g/mol. The molecule has 4 nitrogen and oxygen atoms in total. The fourth-order valence-electron chi connectivity index (χ4n) is 1.09. The number of halogens is 1. The third-order valence-electron chi connectivity index (χ3n) is 1.77. The molecule has 1 heterocycles. The molecule has 0 aliphatic heterocycles. The third kappa shape index (κ3) is 2.77. The second-order valence-electron chi connectivity index (χ2n) is 2.71. The van der Waals surface area contributed by atoms with E-state index in [-0.39, 0.29) is 6.61 Å². The Morgan fingerprint density at radius 2 is 2.53 bits per heavy atom. The molecule has 0 fully saturated rings. The van der Waals surface area contributed by atoms with Gasteiger partial charge in [-0.25, -0.2) is 0 Å². The lowest BCUT2D eigenvalue weighted by molar-refractivity contribution is -0.143. The highest BCUT2D eigenvalue weighted by Crippen LogP contribution is 2.24. The van der Waals surface area contributed by atoms with Crippen molar-refractivity contribution in [1.29, 1.82) is 5.26 Å². The fraction of sp³-hybridized carbons (Fsp3) is 0.300. The molecule has 0 aliphatic carbocycles. The number of pyridine rings is 1. The van der Waals surface area contributed by atoms with Crippen LogP contribution in [0.3, 0.4) is 0 Å². The average Bonchev–Trinajstić information content (AvgIpc) is 2.22. The molecule has 1 atom stereocenters. The second kappa shape index (κ2) is 5.47. The molecule has 5 heteroatoms. The van der Waals surface area contributed by atoms with Gasteiger partial charge in [0, 0.05) is 16.9 Å². The van der Waals surface area contributed by atoms with Gasteiger partial charge in [0.25, 0.3) is 0 Å². The number of carbonyl (C=O) groups is 1. The van der Waals surface area contributed by atoms with E-state index in [1.807, 2.05) is 6.07 Å². The number of aromatic nitrogens is 1. The van der Waals surface area contributed by atoms with Gasteiger partial charge in [-0.15, -0.1) is 0 Å². The van der Waals surface area contributed by atoms with Gasteiger partial charge in [-0.1, -0.05) is 0 Å². The molecule has 1 aromatic heterocycles. The van der Waals surface area contributed by atoms with E-state index >= 15 is 0 Å². The molecule has 0 saturated heterocycles. The Morgan fingerprint density at radius 3 is 3.07 bits per heavy atom. The first kappa shape index (κ1) is 11.7. The van der Waals surface area contributed by atoms with Gasteiger partial charge < -0.3 is 4.74 Å². The SMILES string of the molecule is CCOC(=O)C(C#N)c1ccncc1Br. The van der Waals surface area contributed by atoms with Crippen molar-refractivity contribution in [1.82, 2.24) is 4.98 Å². The number of carbonyl (C=O) groups excluding carboxylic acids is 1. The summed E-state index contributed by atoms with van der Waals surface area (Å²) in [5, 5.41) is 8.91. The molecule has 0 amide bonds. The van der Waals surface area contributed by atoms with Crippen molar-refractivity contribution >= 4 is 21.9 Å². The average molecular weight is 269 g/mol. The lowest BCUT2D eigenvalue weighted by atomic mass is 10.0. The molecule has 0 radical (unpaired) electrons. The van der Waals surface area contributed by atoms with Crippen LogP contribution in [0.5, 0.6) is 0 Å². The summed E-state index contributed by atoms with van der Waals surface area (Å²) in [6, 6.07) is 3.53. The van der Waals surface area contributed by atoms with Crippen LogP contribution in [0.15, 0.2) is 22.9 Å². The predicted octanol–water partition coefficient (Wildman–Crippen LogP) is 2.01. The molecule has 1 unspecified atom stereocenters. The maximum absolute atomic E-state index is 11.4. The Balaban J connectivity index is 2.99. The monoisotopic (exact) mass is 268 g/mol. The van der Waals surface area contributed by atoms with E-state index in [2.05, 4.69) is 20.9 Å². The van der Waals surface area contributed by atoms with E-state index in [1.165, 1.54) is 6.20 Å². The highest BCUT2D eigenvalue weighted by atomic mass is 79.9. The highest BCUT2D eigenvalue weighted by molar-refractivity contribution is 9.10. The minimum absolute atomic E-state index is 0.264. The molecule has 1 aromatic rings. The van der Waals surface area contributed by atoms with Crippen molar-refractivity contribution < 1.29 is 9.53 Å². The minimum atomic E-state index is -0.901. The van der Waals surface area contributed by atoms with E-state index in [0.717, 1.165) is 0 Å². The van der Waals surface area contributed by atoms with Crippen LogP contribution in [-0.2, 0) is 9.53 Å². The van der Waals surface area contributed by atoms with E-state index in [4.69, 9.17) is 10.00 Å². The van der Waals surface area contributed by atoms with Crippen molar-refractivity contribution in [2.24, 2.45) is 0 Å². The molecule has 1 rings (SSSR count). The summed E-state index contributed by atoms with van der Waals surface area (Å²) < 4.78 is 5.43. The molecule has 78 valence electrons. The molecule has 0 aromatic carbocycles. The summed E-state index contributed by atoms with van der Waals surface area (Å²) >= 11 is 3.24. The van der Waals surface area contributed by atoms with Gasteiger partial charge in [0.05, 0.1) is 12.7 Å². The smallest absolute Gasteiger partial charge is 0.327 e. The molecular formula is C10H9BrN2O2. The minimum Gasteiger partial charge on any atom is -0.465 e. The zero-order valence-corrected chi connectivity index (χ0v) is 9.69. The van der Waals surface area contributed by atoms with Gasteiger partial charge in [-0.05, 0) is 34.5 Å². The topological polar surface area (TPSA) is 63.0 Å². The summed E-state index contributed by atoms with van der Waals surface area (Å²) in [4.78, 5) is 15.3.